The van der Waals surface area contributed by atoms with Crippen LogP contribution in [0.25, 0.3) is 0 Å². The van der Waals surface area contributed by atoms with E-state index in [1.54, 1.807) is 31.1 Å². The number of likely N-dealkylation sites (N-methyl/N-ethyl adjacent to an activating group) is 2. The first-order valence-corrected chi connectivity index (χ1v) is 6.78. The van der Waals surface area contributed by atoms with Gasteiger partial charge in [0.2, 0.25) is 5.91 Å². The average molecular weight is 292 g/mol. The van der Waals surface area contributed by atoms with Crippen LogP contribution in [0.1, 0.15) is 18.1 Å². The number of hydrogen-bond donors (Lipinski definition) is 1. The Labute approximate surface area is 125 Å². The van der Waals surface area contributed by atoms with Gasteiger partial charge in [-0.25, -0.2) is 4.39 Å². The quantitative estimate of drug-likeness (QED) is 0.826. The van der Waals surface area contributed by atoms with Gasteiger partial charge in [-0.05, 0) is 24.2 Å². The summed E-state index contributed by atoms with van der Waals surface area (Å²) in [5.41, 5.74) is 1.14. The van der Waals surface area contributed by atoms with E-state index in [0.29, 0.717) is 19.6 Å². The third-order valence-electron chi connectivity index (χ3n) is 3.04. The third kappa shape index (κ3) is 5.54. The van der Waals surface area contributed by atoms with Crippen molar-refractivity contribution < 1.29 is 14.3 Å². The Morgan fingerprint density at radius 3 is 2.67 bits per heavy atom. The van der Waals surface area contributed by atoms with Gasteiger partial charge in [0, 0.05) is 20.6 Å². The van der Waals surface area contributed by atoms with E-state index in [1.165, 1.54) is 6.07 Å². The lowest BCUT2D eigenvalue weighted by molar-refractivity contribution is -0.130. The zero-order chi connectivity index (χ0) is 15.8. The van der Waals surface area contributed by atoms with Crippen molar-refractivity contribution in [3.8, 4) is 11.8 Å². The Morgan fingerprint density at radius 1 is 1.38 bits per heavy atom. The highest BCUT2D eigenvalue weighted by Gasteiger charge is 2.12. The van der Waals surface area contributed by atoms with Crippen LogP contribution in [0.5, 0.6) is 0 Å². The Bertz CT molecular complexity index is 547. The summed E-state index contributed by atoms with van der Waals surface area (Å²) in [6, 6.07) is 4.70. The third-order valence-corrected chi connectivity index (χ3v) is 3.04. The highest BCUT2D eigenvalue weighted by atomic mass is 19.1. The van der Waals surface area contributed by atoms with Crippen LogP contribution in [-0.4, -0.2) is 54.6 Å². The molecule has 0 aromatic heterocycles. The molecule has 0 aliphatic rings. The summed E-state index contributed by atoms with van der Waals surface area (Å²) in [4.78, 5) is 15.3. The van der Waals surface area contributed by atoms with Crippen LogP contribution >= 0.6 is 0 Å². The molecule has 0 spiro atoms. The van der Waals surface area contributed by atoms with Crippen molar-refractivity contribution in [2.75, 3.05) is 33.8 Å². The van der Waals surface area contributed by atoms with Crippen LogP contribution in [0.4, 0.5) is 4.39 Å². The molecule has 0 aliphatic carbocycles. The second-order valence-electron chi connectivity index (χ2n) is 4.87. The molecule has 0 heterocycles. The largest absolute Gasteiger partial charge is 0.384 e. The van der Waals surface area contributed by atoms with Crippen LogP contribution < -0.4 is 0 Å². The lowest BCUT2D eigenvalue weighted by atomic mass is 10.1. The molecular formula is C16H21FN2O2. The second-order valence-corrected chi connectivity index (χ2v) is 4.87. The number of rotatable bonds is 5. The number of carbonyl (C=O) groups is 1. The zero-order valence-corrected chi connectivity index (χ0v) is 12.7. The van der Waals surface area contributed by atoms with Crippen molar-refractivity contribution in [2.45, 2.75) is 13.5 Å². The first-order valence-electron chi connectivity index (χ1n) is 6.78. The van der Waals surface area contributed by atoms with E-state index in [0.717, 1.165) is 5.56 Å². The van der Waals surface area contributed by atoms with Gasteiger partial charge in [0.1, 0.15) is 12.4 Å². The van der Waals surface area contributed by atoms with Gasteiger partial charge in [-0.2, -0.15) is 0 Å². The van der Waals surface area contributed by atoms with E-state index in [2.05, 4.69) is 11.8 Å². The molecule has 0 atom stereocenters. The number of amides is 1. The lowest BCUT2D eigenvalue weighted by Crippen LogP contribution is -2.36. The molecule has 114 valence electrons. The summed E-state index contributed by atoms with van der Waals surface area (Å²) < 4.78 is 13.6. The van der Waals surface area contributed by atoms with E-state index < -0.39 is 5.82 Å². The van der Waals surface area contributed by atoms with Gasteiger partial charge in [0.15, 0.2) is 0 Å². The van der Waals surface area contributed by atoms with Crippen LogP contribution in [0, 0.1) is 17.7 Å². The highest BCUT2D eigenvalue weighted by Crippen LogP contribution is 2.12. The van der Waals surface area contributed by atoms with Crippen molar-refractivity contribution >= 4 is 5.91 Å². The summed E-state index contributed by atoms with van der Waals surface area (Å²) in [6.07, 6.45) is 0. The van der Waals surface area contributed by atoms with Gasteiger partial charge >= 0.3 is 0 Å². The SMILES string of the molecule is CCN(CC(=O)N(C)C)Cc1ccc(F)c(C#CCO)c1. The molecule has 0 saturated heterocycles. The molecule has 1 aromatic carbocycles. The summed E-state index contributed by atoms with van der Waals surface area (Å²) >= 11 is 0. The van der Waals surface area contributed by atoms with Crippen LogP contribution in [0.2, 0.25) is 0 Å². The smallest absolute Gasteiger partial charge is 0.236 e. The molecule has 21 heavy (non-hydrogen) atoms. The second kappa shape index (κ2) is 8.40. The number of benzene rings is 1. The monoisotopic (exact) mass is 292 g/mol. The van der Waals surface area contributed by atoms with Crippen molar-refractivity contribution in [1.82, 2.24) is 9.80 Å². The van der Waals surface area contributed by atoms with Crippen molar-refractivity contribution in [2.24, 2.45) is 0 Å². The van der Waals surface area contributed by atoms with Gasteiger partial charge < -0.3 is 10.0 Å². The first-order chi connectivity index (χ1) is 9.97. The minimum Gasteiger partial charge on any atom is -0.384 e. The maximum Gasteiger partial charge on any atom is 0.236 e. The Balaban J connectivity index is 2.83. The van der Waals surface area contributed by atoms with Crippen LogP contribution in [0.3, 0.4) is 0 Å². The van der Waals surface area contributed by atoms with Gasteiger partial charge in [-0.15, -0.1) is 0 Å². The van der Waals surface area contributed by atoms with Gasteiger partial charge in [0.25, 0.3) is 0 Å². The van der Waals surface area contributed by atoms with Gasteiger partial charge in [0.05, 0.1) is 12.1 Å². The van der Waals surface area contributed by atoms with E-state index in [9.17, 15) is 9.18 Å². The topological polar surface area (TPSA) is 43.8 Å². The molecule has 0 saturated carbocycles. The maximum atomic E-state index is 13.6. The molecule has 1 aromatic rings. The van der Waals surface area contributed by atoms with E-state index in [1.807, 2.05) is 11.8 Å². The van der Waals surface area contributed by atoms with Crippen molar-refractivity contribution in [1.29, 1.82) is 0 Å². The van der Waals surface area contributed by atoms with E-state index >= 15 is 0 Å². The molecule has 0 bridgehead atoms. The number of halogens is 1. The van der Waals surface area contributed by atoms with Crippen molar-refractivity contribution in [3.63, 3.8) is 0 Å². The Kier molecular flexibility index (Phi) is 6.86. The Hall–Kier alpha value is -1.90. The summed E-state index contributed by atoms with van der Waals surface area (Å²) in [5, 5.41) is 8.68. The summed E-state index contributed by atoms with van der Waals surface area (Å²) in [6.45, 7) is 3.25. The summed E-state index contributed by atoms with van der Waals surface area (Å²) in [7, 11) is 3.44. The van der Waals surface area contributed by atoms with Crippen molar-refractivity contribution in [3.05, 3.63) is 35.1 Å². The first kappa shape index (κ1) is 17.2. The number of hydrogen-bond acceptors (Lipinski definition) is 3. The minimum absolute atomic E-state index is 0.0271. The summed E-state index contributed by atoms with van der Waals surface area (Å²) in [5.74, 6) is 4.64. The predicted molar refractivity (Wildman–Crippen MR) is 80.0 cm³/mol. The molecule has 5 heteroatoms. The van der Waals surface area contributed by atoms with E-state index in [4.69, 9.17) is 5.11 Å². The van der Waals surface area contributed by atoms with Crippen LogP contribution in [-0.2, 0) is 11.3 Å². The Morgan fingerprint density at radius 2 is 2.10 bits per heavy atom. The zero-order valence-electron chi connectivity index (χ0n) is 12.7. The van der Waals surface area contributed by atoms with E-state index in [-0.39, 0.29) is 18.1 Å². The molecule has 1 N–H and O–H groups in total. The standard InChI is InChI=1S/C16H21FN2O2/c1-4-19(12-16(21)18(2)3)11-13-7-8-15(17)14(10-13)6-5-9-20/h7-8,10,20H,4,9,11-12H2,1-3H3. The molecule has 4 nitrogen and oxygen atoms in total. The average Bonchev–Trinajstić information content (AvgIpc) is 2.46. The molecular weight excluding hydrogens is 271 g/mol. The molecule has 0 radical (unpaired) electrons. The number of nitrogens with zero attached hydrogens (tertiary/aromatic N) is 2. The number of aliphatic hydroxyl groups is 1. The van der Waals surface area contributed by atoms with Gasteiger partial charge in [-0.3, -0.25) is 9.69 Å². The highest BCUT2D eigenvalue weighted by molar-refractivity contribution is 5.77. The minimum atomic E-state index is -0.410. The molecule has 1 amide bonds. The number of aliphatic hydroxyl groups excluding tert-OH is 1. The number of carbonyl (C=O) groups excluding carboxylic acids is 1. The predicted octanol–water partition coefficient (Wildman–Crippen LogP) is 1.08. The fraction of sp³-hybridized carbons (Fsp3) is 0.438. The molecule has 0 unspecified atom stereocenters. The maximum absolute atomic E-state index is 13.6. The molecule has 0 aliphatic heterocycles. The molecule has 0 fully saturated rings. The fourth-order valence-electron chi connectivity index (χ4n) is 1.77. The molecule has 1 rings (SSSR count). The lowest BCUT2D eigenvalue weighted by Gasteiger charge is -2.22. The van der Waals surface area contributed by atoms with Gasteiger partial charge in [-0.1, -0.05) is 24.8 Å². The fourth-order valence-corrected chi connectivity index (χ4v) is 1.77. The normalized spacial score (nSPS) is 10.2. The van der Waals surface area contributed by atoms with Crippen LogP contribution in [0.15, 0.2) is 18.2 Å².